The minimum atomic E-state index is -3.68. The first-order valence-electron chi connectivity index (χ1n) is 10.6. The Morgan fingerprint density at radius 1 is 1.17 bits per heavy atom. The molecule has 0 saturated carbocycles. The van der Waals surface area contributed by atoms with Crippen molar-refractivity contribution in [2.24, 2.45) is 5.92 Å². The highest BCUT2D eigenvalue weighted by molar-refractivity contribution is 7.89. The summed E-state index contributed by atoms with van der Waals surface area (Å²) in [5, 5.41) is 7.51. The van der Waals surface area contributed by atoms with Gasteiger partial charge in [-0.2, -0.15) is 9.40 Å². The van der Waals surface area contributed by atoms with Gasteiger partial charge in [-0.1, -0.05) is 24.6 Å². The maximum Gasteiger partial charge on any atom is 0.246 e. The molecule has 0 unspecified atom stereocenters. The first-order chi connectivity index (χ1) is 14.1. The normalized spacial score (nSPS) is 17.1. The van der Waals surface area contributed by atoms with Crippen LogP contribution in [0.2, 0.25) is 0 Å². The molecule has 0 radical (unpaired) electrons. The molecule has 1 aliphatic rings. The quantitative estimate of drug-likeness (QED) is 0.760. The largest absolute Gasteiger partial charge is 0.353 e. The van der Waals surface area contributed by atoms with Gasteiger partial charge in [0.15, 0.2) is 0 Å². The molecular weight excluding hydrogens is 400 g/mol. The van der Waals surface area contributed by atoms with Gasteiger partial charge in [-0.15, -0.1) is 0 Å². The maximum absolute atomic E-state index is 13.4. The highest BCUT2D eigenvalue weighted by Gasteiger charge is 2.35. The van der Waals surface area contributed by atoms with Crippen LogP contribution in [0.1, 0.15) is 50.1 Å². The molecule has 2 heterocycles. The lowest BCUT2D eigenvalue weighted by Crippen LogP contribution is -2.44. The van der Waals surface area contributed by atoms with Crippen LogP contribution in [-0.4, -0.2) is 47.5 Å². The monoisotopic (exact) mass is 432 g/mol. The molecule has 1 aromatic carbocycles. The van der Waals surface area contributed by atoms with Crippen LogP contribution >= 0.6 is 0 Å². The highest BCUT2D eigenvalue weighted by atomic mass is 32.2. The smallest absolute Gasteiger partial charge is 0.246 e. The predicted molar refractivity (Wildman–Crippen MR) is 117 cm³/mol. The van der Waals surface area contributed by atoms with Gasteiger partial charge in [0, 0.05) is 25.0 Å². The van der Waals surface area contributed by atoms with Gasteiger partial charge in [0.1, 0.15) is 4.90 Å². The van der Waals surface area contributed by atoms with Crippen LogP contribution in [0.4, 0.5) is 0 Å². The number of sulfonamides is 1. The van der Waals surface area contributed by atoms with Crippen LogP contribution in [0.25, 0.3) is 5.69 Å². The van der Waals surface area contributed by atoms with Crippen LogP contribution in [0.3, 0.4) is 0 Å². The Morgan fingerprint density at radius 3 is 2.33 bits per heavy atom. The van der Waals surface area contributed by atoms with E-state index in [9.17, 15) is 13.2 Å². The SMILES string of the molecule is CC[C@@H](C)NC(=O)C1CCN(S(=O)(=O)c2c(C)nn(-c3ccc(C)cc3)c2C)CC1. The van der Waals surface area contributed by atoms with E-state index in [1.165, 1.54) is 4.31 Å². The summed E-state index contributed by atoms with van der Waals surface area (Å²) in [4.78, 5) is 12.7. The molecule has 0 aliphatic carbocycles. The van der Waals surface area contributed by atoms with Crippen molar-refractivity contribution in [3.63, 3.8) is 0 Å². The third-order valence-electron chi connectivity index (χ3n) is 5.93. The number of aromatic nitrogens is 2. The Morgan fingerprint density at radius 2 is 1.77 bits per heavy atom. The number of amides is 1. The lowest BCUT2D eigenvalue weighted by Gasteiger charge is -2.31. The van der Waals surface area contributed by atoms with Gasteiger partial charge in [-0.25, -0.2) is 13.1 Å². The zero-order chi connectivity index (χ0) is 22.1. The summed E-state index contributed by atoms with van der Waals surface area (Å²) in [6.07, 6.45) is 1.94. The summed E-state index contributed by atoms with van der Waals surface area (Å²) < 4.78 is 30.0. The number of benzene rings is 1. The van der Waals surface area contributed by atoms with Crippen molar-refractivity contribution in [1.29, 1.82) is 0 Å². The number of carbonyl (C=O) groups excluding carboxylic acids is 1. The summed E-state index contributed by atoms with van der Waals surface area (Å²) in [7, 11) is -3.68. The standard InChI is InChI=1S/C22H32N4O3S/c1-6-16(3)23-22(27)19-11-13-25(14-12-19)30(28,29)21-17(4)24-26(18(21)5)20-9-7-15(2)8-10-20/h7-10,16,19H,6,11-14H2,1-5H3,(H,23,27)/t16-/m1/s1. The molecule has 1 fully saturated rings. The second-order valence-corrected chi connectivity index (χ2v) is 10.1. The maximum atomic E-state index is 13.4. The molecule has 2 aromatic rings. The van der Waals surface area contributed by atoms with Gasteiger partial charge in [0.25, 0.3) is 0 Å². The molecule has 1 aliphatic heterocycles. The van der Waals surface area contributed by atoms with Crippen LogP contribution in [0.15, 0.2) is 29.2 Å². The van der Waals surface area contributed by atoms with Gasteiger partial charge in [0.05, 0.1) is 17.1 Å². The second-order valence-electron chi connectivity index (χ2n) is 8.24. The topological polar surface area (TPSA) is 84.3 Å². The molecule has 0 spiro atoms. The fraction of sp³-hybridized carbons (Fsp3) is 0.545. The van der Waals surface area contributed by atoms with E-state index in [2.05, 4.69) is 10.4 Å². The summed E-state index contributed by atoms with van der Waals surface area (Å²) in [5.74, 6) is -0.108. The van der Waals surface area contributed by atoms with Crippen LogP contribution in [0, 0.1) is 26.7 Å². The number of aryl methyl sites for hydroxylation is 2. The summed E-state index contributed by atoms with van der Waals surface area (Å²) in [5.41, 5.74) is 3.06. The van der Waals surface area contributed by atoms with Crippen LogP contribution < -0.4 is 5.32 Å². The molecule has 8 heteroatoms. The fourth-order valence-corrected chi connectivity index (χ4v) is 5.71. The molecule has 3 rings (SSSR count). The number of hydrogen-bond donors (Lipinski definition) is 1. The van der Waals surface area contributed by atoms with E-state index in [0.29, 0.717) is 37.3 Å². The van der Waals surface area contributed by atoms with E-state index in [1.807, 2.05) is 45.0 Å². The third kappa shape index (κ3) is 4.44. The van der Waals surface area contributed by atoms with Gasteiger partial charge >= 0.3 is 0 Å². The number of rotatable bonds is 6. The molecule has 1 amide bonds. The van der Waals surface area contributed by atoms with E-state index in [-0.39, 0.29) is 22.8 Å². The zero-order valence-corrected chi connectivity index (χ0v) is 19.3. The Bertz CT molecular complexity index is 1000. The van der Waals surface area contributed by atoms with E-state index >= 15 is 0 Å². The molecule has 7 nitrogen and oxygen atoms in total. The molecule has 0 bridgehead atoms. The van der Waals surface area contributed by atoms with E-state index in [4.69, 9.17) is 0 Å². The summed E-state index contributed by atoms with van der Waals surface area (Å²) >= 11 is 0. The zero-order valence-electron chi connectivity index (χ0n) is 18.5. The molecule has 1 atom stereocenters. The van der Waals surface area contributed by atoms with Crippen molar-refractivity contribution in [3.8, 4) is 5.69 Å². The van der Waals surface area contributed by atoms with Gasteiger partial charge in [-0.05, 0) is 59.1 Å². The highest BCUT2D eigenvalue weighted by Crippen LogP contribution is 2.29. The second kappa shape index (κ2) is 8.89. The number of hydrogen-bond acceptors (Lipinski definition) is 4. The van der Waals surface area contributed by atoms with Crippen molar-refractivity contribution in [2.75, 3.05) is 13.1 Å². The molecule has 1 aromatic heterocycles. The Kier molecular flexibility index (Phi) is 6.67. The first kappa shape index (κ1) is 22.5. The lowest BCUT2D eigenvalue weighted by atomic mass is 9.97. The Balaban J connectivity index is 1.78. The average molecular weight is 433 g/mol. The Labute approximate surface area is 179 Å². The average Bonchev–Trinajstić information content (AvgIpc) is 3.03. The van der Waals surface area contributed by atoms with E-state index < -0.39 is 10.0 Å². The van der Waals surface area contributed by atoms with Crippen molar-refractivity contribution < 1.29 is 13.2 Å². The number of piperidine rings is 1. The van der Waals surface area contributed by atoms with Crippen molar-refractivity contribution in [1.82, 2.24) is 19.4 Å². The van der Waals surface area contributed by atoms with E-state index in [0.717, 1.165) is 17.7 Å². The van der Waals surface area contributed by atoms with Gasteiger partial charge in [-0.3, -0.25) is 4.79 Å². The molecule has 30 heavy (non-hydrogen) atoms. The molecule has 1 N–H and O–H groups in total. The minimum Gasteiger partial charge on any atom is -0.353 e. The summed E-state index contributed by atoms with van der Waals surface area (Å²) in [6, 6.07) is 7.97. The first-order valence-corrected chi connectivity index (χ1v) is 12.0. The van der Waals surface area contributed by atoms with Crippen LogP contribution in [0.5, 0.6) is 0 Å². The number of nitrogens with zero attached hydrogens (tertiary/aromatic N) is 3. The third-order valence-corrected chi connectivity index (χ3v) is 8.08. The van der Waals surface area contributed by atoms with Crippen LogP contribution in [-0.2, 0) is 14.8 Å². The number of carbonyl (C=O) groups is 1. The van der Waals surface area contributed by atoms with Crippen molar-refractivity contribution in [3.05, 3.63) is 41.2 Å². The fourth-order valence-electron chi connectivity index (χ4n) is 3.89. The van der Waals surface area contributed by atoms with Gasteiger partial charge < -0.3 is 5.32 Å². The Hall–Kier alpha value is -2.19. The van der Waals surface area contributed by atoms with E-state index in [1.54, 1.807) is 18.5 Å². The molecular formula is C22H32N4O3S. The molecule has 1 saturated heterocycles. The lowest BCUT2D eigenvalue weighted by molar-refractivity contribution is -0.126. The number of nitrogens with one attached hydrogen (secondary N) is 1. The summed E-state index contributed by atoms with van der Waals surface area (Å²) in [6.45, 7) is 10.2. The van der Waals surface area contributed by atoms with Gasteiger partial charge in [0.2, 0.25) is 15.9 Å². The van der Waals surface area contributed by atoms with Crippen molar-refractivity contribution >= 4 is 15.9 Å². The van der Waals surface area contributed by atoms with Crippen molar-refractivity contribution in [2.45, 2.75) is 64.8 Å². The minimum absolute atomic E-state index is 0.0287. The molecule has 164 valence electrons. The predicted octanol–water partition coefficient (Wildman–Crippen LogP) is 3.11.